The average Bonchev–Trinajstić information content (AvgIpc) is 3.45. The Kier molecular flexibility index (Phi) is 3.63. The predicted octanol–water partition coefficient (Wildman–Crippen LogP) is 5.37. The van der Waals surface area contributed by atoms with E-state index in [0.717, 1.165) is 12.5 Å². The SMILES string of the molecule is NCC1(c2ccc3c(c2)c2ccccc2n3CC2CC2)CCCCC1. The number of nitrogens with zero attached hydrogens (tertiary/aromatic N) is 1. The van der Waals surface area contributed by atoms with Crippen LogP contribution in [0.5, 0.6) is 0 Å². The first kappa shape index (κ1) is 15.5. The van der Waals surface area contributed by atoms with Crippen LogP contribution in [0.25, 0.3) is 21.8 Å². The van der Waals surface area contributed by atoms with E-state index >= 15 is 0 Å². The lowest BCUT2D eigenvalue weighted by atomic mass is 9.69. The lowest BCUT2D eigenvalue weighted by Gasteiger charge is -2.37. The monoisotopic (exact) mass is 332 g/mol. The van der Waals surface area contributed by atoms with Gasteiger partial charge < -0.3 is 10.3 Å². The van der Waals surface area contributed by atoms with E-state index in [4.69, 9.17) is 5.73 Å². The van der Waals surface area contributed by atoms with Crippen LogP contribution in [0.4, 0.5) is 0 Å². The minimum Gasteiger partial charge on any atom is -0.340 e. The number of fused-ring (bicyclic) bond motifs is 3. The van der Waals surface area contributed by atoms with E-state index in [0.29, 0.717) is 0 Å². The van der Waals surface area contributed by atoms with Crippen LogP contribution in [0.1, 0.15) is 50.5 Å². The summed E-state index contributed by atoms with van der Waals surface area (Å²) in [6.07, 6.45) is 9.28. The van der Waals surface area contributed by atoms with Crippen LogP contribution >= 0.6 is 0 Å². The summed E-state index contributed by atoms with van der Waals surface area (Å²) in [5, 5.41) is 2.83. The molecule has 3 aromatic rings. The lowest BCUT2D eigenvalue weighted by molar-refractivity contribution is 0.301. The summed E-state index contributed by atoms with van der Waals surface area (Å²) in [4.78, 5) is 0. The van der Waals surface area contributed by atoms with Crippen molar-refractivity contribution in [3.63, 3.8) is 0 Å². The normalized spacial score (nSPS) is 20.4. The topological polar surface area (TPSA) is 30.9 Å². The van der Waals surface area contributed by atoms with Crippen molar-refractivity contribution in [2.75, 3.05) is 6.54 Å². The van der Waals surface area contributed by atoms with Crippen LogP contribution in [0, 0.1) is 5.92 Å². The molecule has 2 nitrogen and oxygen atoms in total. The summed E-state index contributed by atoms with van der Waals surface area (Å²) in [5.41, 5.74) is 10.8. The standard InChI is InChI=1S/C23H28N2/c24-16-23(12-4-1-5-13-23)18-10-11-22-20(14-18)19-6-2-3-7-21(19)25(22)15-17-8-9-17/h2-3,6-7,10-11,14,17H,1,4-5,8-9,12-13,15-16,24H2. The minimum atomic E-state index is 0.201. The molecule has 2 N–H and O–H groups in total. The molecule has 0 spiro atoms. The number of aromatic nitrogens is 1. The third-order valence-corrected chi connectivity index (χ3v) is 6.72. The Morgan fingerprint density at radius 1 is 0.920 bits per heavy atom. The molecule has 25 heavy (non-hydrogen) atoms. The zero-order chi connectivity index (χ0) is 16.9. The summed E-state index contributed by atoms with van der Waals surface area (Å²) in [5.74, 6) is 0.882. The van der Waals surface area contributed by atoms with Crippen LogP contribution in [0.3, 0.4) is 0 Å². The molecule has 0 saturated heterocycles. The fourth-order valence-corrected chi connectivity index (χ4v) is 4.98. The van der Waals surface area contributed by atoms with Gasteiger partial charge in [0.1, 0.15) is 0 Å². The highest BCUT2D eigenvalue weighted by Crippen LogP contribution is 2.42. The quantitative estimate of drug-likeness (QED) is 0.684. The fraction of sp³-hybridized carbons (Fsp3) is 0.478. The van der Waals surface area contributed by atoms with Gasteiger partial charge in [-0.15, -0.1) is 0 Å². The van der Waals surface area contributed by atoms with Crippen LogP contribution < -0.4 is 5.73 Å². The second-order valence-corrected chi connectivity index (χ2v) is 8.35. The maximum absolute atomic E-state index is 6.30. The van der Waals surface area contributed by atoms with E-state index in [-0.39, 0.29) is 5.41 Å². The summed E-state index contributed by atoms with van der Waals surface area (Å²) in [7, 11) is 0. The van der Waals surface area contributed by atoms with Crippen LogP contribution in [0.2, 0.25) is 0 Å². The molecule has 2 aliphatic carbocycles. The molecule has 0 unspecified atom stereocenters. The van der Waals surface area contributed by atoms with Gasteiger partial charge in [-0.05, 0) is 55.4 Å². The summed E-state index contributed by atoms with van der Waals surface area (Å²) < 4.78 is 2.56. The Morgan fingerprint density at radius 2 is 1.68 bits per heavy atom. The summed E-state index contributed by atoms with van der Waals surface area (Å²) >= 11 is 0. The lowest BCUT2D eigenvalue weighted by Crippen LogP contribution is -2.37. The minimum absolute atomic E-state index is 0.201. The van der Waals surface area contributed by atoms with Gasteiger partial charge in [-0.2, -0.15) is 0 Å². The van der Waals surface area contributed by atoms with Crippen molar-refractivity contribution in [2.45, 2.75) is 56.9 Å². The number of benzene rings is 2. The zero-order valence-corrected chi connectivity index (χ0v) is 15.0. The number of hydrogen-bond acceptors (Lipinski definition) is 1. The van der Waals surface area contributed by atoms with Crippen LogP contribution in [-0.4, -0.2) is 11.1 Å². The first-order valence-corrected chi connectivity index (χ1v) is 10.0. The van der Waals surface area contributed by atoms with Gasteiger partial charge in [-0.1, -0.05) is 43.5 Å². The summed E-state index contributed by atoms with van der Waals surface area (Å²) in [6.45, 7) is 1.95. The molecule has 2 aromatic carbocycles. The molecule has 130 valence electrons. The first-order chi connectivity index (χ1) is 12.3. The molecule has 2 saturated carbocycles. The Labute approximate surface area is 150 Å². The molecule has 0 atom stereocenters. The van der Waals surface area contributed by atoms with Gasteiger partial charge in [0.2, 0.25) is 0 Å². The molecule has 0 radical (unpaired) electrons. The second-order valence-electron chi connectivity index (χ2n) is 8.35. The number of hydrogen-bond donors (Lipinski definition) is 1. The third-order valence-electron chi connectivity index (χ3n) is 6.72. The molecule has 0 bridgehead atoms. The van der Waals surface area contributed by atoms with Gasteiger partial charge in [0, 0.05) is 40.3 Å². The van der Waals surface area contributed by atoms with Crippen molar-refractivity contribution in [1.29, 1.82) is 0 Å². The van der Waals surface area contributed by atoms with E-state index in [2.05, 4.69) is 47.0 Å². The largest absolute Gasteiger partial charge is 0.340 e. The Morgan fingerprint density at radius 3 is 2.44 bits per heavy atom. The molecule has 2 fully saturated rings. The van der Waals surface area contributed by atoms with E-state index < -0.39 is 0 Å². The Balaban J connectivity index is 1.70. The van der Waals surface area contributed by atoms with E-state index in [1.165, 1.54) is 78.9 Å². The van der Waals surface area contributed by atoms with Crippen molar-refractivity contribution < 1.29 is 0 Å². The molecular weight excluding hydrogens is 304 g/mol. The summed E-state index contributed by atoms with van der Waals surface area (Å²) in [6, 6.07) is 16.2. The highest BCUT2D eigenvalue weighted by molar-refractivity contribution is 6.08. The van der Waals surface area contributed by atoms with Gasteiger partial charge in [-0.25, -0.2) is 0 Å². The highest BCUT2D eigenvalue weighted by Gasteiger charge is 2.33. The predicted molar refractivity (Wildman–Crippen MR) is 106 cm³/mol. The maximum Gasteiger partial charge on any atom is 0.0491 e. The molecule has 2 heteroatoms. The van der Waals surface area contributed by atoms with Gasteiger partial charge in [0.25, 0.3) is 0 Å². The number of nitrogens with two attached hydrogens (primary N) is 1. The van der Waals surface area contributed by atoms with Gasteiger partial charge >= 0.3 is 0 Å². The number of para-hydroxylation sites is 1. The molecule has 1 heterocycles. The van der Waals surface area contributed by atoms with Crippen molar-refractivity contribution in [3.8, 4) is 0 Å². The van der Waals surface area contributed by atoms with Crippen molar-refractivity contribution in [2.24, 2.45) is 11.7 Å². The zero-order valence-electron chi connectivity index (χ0n) is 15.0. The van der Waals surface area contributed by atoms with Crippen LogP contribution in [-0.2, 0) is 12.0 Å². The Bertz CT molecular complexity index is 910. The maximum atomic E-state index is 6.30. The smallest absolute Gasteiger partial charge is 0.0491 e. The number of rotatable bonds is 4. The fourth-order valence-electron chi connectivity index (χ4n) is 4.98. The molecular formula is C23H28N2. The first-order valence-electron chi connectivity index (χ1n) is 10.0. The molecule has 0 aliphatic heterocycles. The van der Waals surface area contributed by atoms with E-state index in [1.54, 1.807) is 0 Å². The highest BCUT2D eigenvalue weighted by atomic mass is 15.0. The van der Waals surface area contributed by atoms with Gasteiger partial charge in [0.15, 0.2) is 0 Å². The van der Waals surface area contributed by atoms with Gasteiger partial charge in [-0.3, -0.25) is 0 Å². The molecule has 5 rings (SSSR count). The second kappa shape index (κ2) is 5.88. The van der Waals surface area contributed by atoms with Crippen molar-refractivity contribution >= 4 is 21.8 Å². The van der Waals surface area contributed by atoms with Crippen molar-refractivity contribution in [1.82, 2.24) is 4.57 Å². The molecule has 2 aliphatic rings. The van der Waals surface area contributed by atoms with Crippen molar-refractivity contribution in [3.05, 3.63) is 48.0 Å². The van der Waals surface area contributed by atoms with Gasteiger partial charge in [0.05, 0.1) is 0 Å². The van der Waals surface area contributed by atoms with E-state index in [1.807, 2.05) is 0 Å². The van der Waals surface area contributed by atoms with E-state index in [9.17, 15) is 0 Å². The van der Waals surface area contributed by atoms with Crippen LogP contribution in [0.15, 0.2) is 42.5 Å². The molecule has 0 amide bonds. The molecule has 1 aromatic heterocycles. The third kappa shape index (κ3) is 2.50. The average molecular weight is 332 g/mol. The Hall–Kier alpha value is -1.80.